The van der Waals surface area contributed by atoms with Gasteiger partial charge >= 0.3 is 0 Å². The van der Waals surface area contributed by atoms with Crippen LogP contribution in [0.3, 0.4) is 0 Å². The number of benzene rings is 1. The molecule has 0 radical (unpaired) electrons. The highest BCUT2D eigenvalue weighted by Gasteiger charge is 2.20. The lowest BCUT2D eigenvalue weighted by Crippen LogP contribution is -2.51. The molecule has 1 fully saturated rings. The smallest absolute Gasteiger partial charge is 0.238 e. The normalized spacial score (nSPS) is 20.7. The first-order valence-electron chi connectivity index (χ1n) is 6.15. The van der Waals surface area contributed by atoms with Gasteiger partial charge in [-0.3, -0.25) is 9.69 Å². The Morgan fingerprint density at radius 2 is 2.44 bits per heavy atom. The zero-order valence-electron chi connectivity index (χ0n) is 10.4. The molecule has 0 unspecified atom stereocenters. The van der Waals surface area contributed by atoms with Crippen molar-refractivity contribution in [3.63, 3.8) is 0 Å². The molecular weight excluding hydrogens is 233 g/mol. The second kappa shape index (κ2) is 5.93. The Morgan fingerprint density at radius 3 is 3.17 bits per heavy atom. The van der Waals surface area contributed by atoms with Crippen LogP contribution in [0.5, 0.6) is 0 Å². The molecule has 1 aliphatic heterocycles. The molecule has 1 aliphatic rings. The van der Waals surface area contributed by atoms with Gasteiger partial charge in [-0.2, -0.15) is 0 Å². The van der Waals surface area contributed by atoms with Gasteiger partial charge in [-0.1, -0.05) is 6.07 Å². The zero-order chi connectivity index (χ0) is 13.0. The molecule has 1 amide bonds. The number of anilines is 1. The first-order valence-corrected chi connectivity index (χ1v) is 6.15. The molecule has 4 nitrogen and oxygen atoms in total. The van der Waals surface area contributed by atoms with Gasteiger partial charge in [0, 0.05) is 31.4 Å². The Morgan fingerprint density at radius 1 is 1.61 bits per heavy atom. The van der Waals surface area contributed by atoms with Crippen LogP contribution in [0.15, 0.2) is 24.3 Å². The lowest BCUT2D eigenvalue weighted by molar-refractivity contribution is -0.118. The summed E-state index contributed by atoms with van der Waals surface area (Å²) in [5.41, 5.74) is 0.503. The number of piperazine rings is 1. The summed E-state index contributed by atoms with van der Waals surface area (Å²) in [5, 5.41) is 5.98. The third-order valence-corrected chi connectivity index (χ3v) is 3.09. The summed E-state index contributed by atoms with van der Waals surface area (Å²) >= 11 is 0. The Bertz CT molecular complexity index is 424. The Hall–Kier alpha value is -1.46. The number of amides is 1. The molecule has 5 heteroatoms. The summed E-state index contributed by atoms with van der Waals surface area (Å²) in [5.74, 6) is -0.447. The monoisotopic (exact) mass is 251 g/mol. The first-order chi connectivity index (χ1) is 8.65. The molecule has 1 aromatic rings. The van der Waals surface area contributed by atoms with Crippen molar-refractivity contribution < 1.29 is 9.18 Å². The van der Waals surface area contributed by atoms with Crippen molar-refractivity contribution in [2.24, 2.45) is 0 Å². The van der Waals surface area contributed by atoms with Crippen LogP contribution in [-0.2, 0) is 4.79 Å². The van der Waals surface area contributed by atoms with E-state index in [4.69, 9.17) is 0 Å². The minimum absolute atomic E-state index is 0.102. The topological polar surface area (TPSA) is 44.4 Å². The minimum atomic E-state index is -0.344. The van der Waals surface area contributed by atoms with Gasteiger partial charge < -0.3 is 10.6 Å². The van der Waals surface area contributed by atoms with Crippen LogP contribution < -0.4 is 10.6 Å². The number of hydrogen-bond acceptors (Lipinski definition) is 3. The lowest BCUT2D eigenvalue weighted by atomic mass is 10.2. The predicted molar refractivity (Wildman–Crippen MR) is 68.9 cm³/mol. The van der Waals surface area contributed by atoms with Gasteiger partial charge in [-0.05, 0) is 25.1 Å². The maximum atomic E-state index is 13.0. The predicted octanol–water partition coefficient (Wildman–Crippen LogP) is 1.06. The first kappa shape index (κ1) is 13.0. The molecule has 98 valence electrons. The number of halogens is 1. The molecule has 0 aromatic heterocycles. The summed E-state index contributed by atoms with van der Waals surface area (Å²) in [4.78, 5) is 14.0. The van der Waals surface area contributed by atoms with Crippen LogP contribution in [0.25, 0.3) is 0 Å². The highest BCUT2D eigenvalue weighted by atomic mass is 19.1. The van der Waals surface area contributed by atoms with E-state index in [1.54, 1.807) is 12.1 Å². The third-order valence-electron chi connectivity index (χ3n) is 3.09. The molecule has 1 saturated heterocycles. The molecule has 0 saturated carbocycles. The average molecular weight is 251 g/mol. The molecule has 1 aromatic carbocycles. The summed E-state index contributed by atoms with van der Waals surface area (Å²) < 4.78 is 13.0. The van der Waals surface area contributed by atoms with E-state index in [1.165, 1.54) is 12.1 Å². The van der Waals surface area contributed by atoms with Crippen molar-refractivity contribution in [2.45, 2.75) is 13.0 Å². The molecule has 2 rings (SSSR count). The van der Waals surface area contributed by atoms with Gasteiger partial charge in [0.15, 0.2) is 0 Å². The van der Waals surface area contributed by atoms with Gasteiger partial charge in [0.2, 0.25) is 5.91 Å². The largest absolute Gasteiger partial charge is 0.325 e. The second-order valence-electron chi connectivity index (χ2n) is 4.58. The molecule has 0 bridgehead atoms. The van der Waals surface area contributed by atoms with Gasteiger partial charge in [0.05, 0.1) is 6.54 Å². The second-order valence-corrected chi connectivity index (χ2v) is 4.58. The van der Waals surface area contributed by atoms with Gasteiger partial charge in [0.1, 0.15) is 5.82 Å². The number of rotatable bonds is 3. The fraction of sp³-hybridized carbons (Fsp3) is 0.462. The molecule has 1 atom stereocenters. The van der Waals surface area contributed by atoms with E-state index in [1.807, 2.05) is 0 Å². The van der Waals surface area contributed by atoms with Gasteiger partial charge in [0.25, 0.3) is 0 Å². The van der Waals surface area contributed by atoms with Crippen LogP contribution in [0.2, 0.25) is 0 Å². The van der Waals surface area contributed by atoms with Crippen LogP contribution >= 0.6 is 0 Å². The standard InChI is InChI=1S/C13H18FN3O/c1-10-8-15-5-6-17(10)9-13(18)16-12-4-2-3-11(14)7-12/h2-4,7,10,15H,5-6,8-9H2,1H3,(H,16,18)/t10-/m0/s1. The van der Waals surface area contributed by atoms with Crippen molar-refractivity contribution >= 4 is 11.6 Å². The third kappa shape index (κ3) is 3.51. The van der Waals surface area contributed by atoms with E-state index in [2.05, 4.69) is 22.5 Å². The number of carbonyl (C=O) groups excluding carboxylic acids is 1. The van der Waals surface area contributed by atoms with E-state index >= 15 is 0 Å². The van der Waals surface area contributed by atoms with Crippen molar-refractivity contribution in [1.82, 2.24) is 10.2 Å². The van der Waals surface area contributed by atoms with E-state index in [0.29, 0.717) is 18.3 Å². The van der Waals surface area contributed by atoms with E-state index < -0.39 is 0 Å². The maximum Gasteiger partial charge on any atom is 0.238 e. The number of nitrogens with zero attached hydrogens (tertiary/aromatic N) is 1. The van der Waals surface area contributed by atoms with Crippen molar-refractivity contribution in [3.8, 4) is 0 Å². The minimum Gasteiger partial charge on any atom is -0.325 e. The highest BCUT2D eigenvalue weighted by Crippen LogP contribution is 2.09. The van der Waals surface area contributed by atoms with E-state index in [9.17, 15) is 9.18 Å². The summed E-state index contributed by atoms with van der Waals surface area (Å²) in [6.07, 6.45) is 0. The Kier molecular flexibility index (Phi) is 4.28. The van der Waals surface area contributed by atoms with Crippen LogP contribution in [0.1, 0.15) is 6.92 Å². The molecular formula is C13H18FN3O. The van der Waals surface area contributed by atoms with E-state index in [0.717, 1.165) is 19.6 Å². The molecule has 18 heavy (non-hydrogen) atoms. The number of nitrogens with one attached hydrogen (secondary N) is 2. The summed E-state index contributed by atoms with van der Waals surface area (Å²) in [7, 11) is 0. The summed E-state index contributed by atoms with van der Waals surface area (Å²) in [6.45, 7) is 5.09. The average Bonchev–Trinajstić information content (AvgIpc) is 2.32. The molecule has 0 aliphatic carbocycles. The van der Waals surface area contributed by atoms with Crippen LogP contribution in [-0.4, -0.2) is 43.0 Å². The zero-order valence-corrected chi connectivity index (χ0v) is 10.4. The van der Waals surface area contributed by atoms with Crippen LogP contribution in [0, 0.1) is 5.82 Å². The van der Waals surface area contributed by atoms with Crippen LogP contribution in [0.4, 0.5) is 10.1 Å². The maximum absolute atomic E-state index is 13.0. The fourth-order valence-corrected chi connectivity index (χ4v) is 2.07. The highest BCUT2D eigenvalue weighted by molar-refractivity contribution is 5.92. The number of carbonyl (C=O) groups is 1. The Balaban J connectivity index is 1.88. The van der Waals surface area contributed by atoms with Crippen molar-refractivity contribution in [1.29, 1.82) is 0 Å². The van der Waals surface area contributed by atoms with Crippen molar-refractivity contribution in [2.75, 3.05) is 31.5 Å². The van der Waals surface area contributed by atoms with E-state index in [-0.39, 0.29) is 11.7 Å². The van der Waals surface area contributed by atoms with Crippen molar-refractivity contribution in [3.05, 3.63) is 30.1 Å². The Labute approximate surface area is 106 Å². The fourth-order valence-electron chi connectivity index (χ4n) is 2.07. The van der Waals surface area contributed by atoms with Gasteiger partial charge in [-0.15, -0.1) is 0 Å². The SMILES string of the molecule is C[C@H]1CNCCN1CC(=O)Nc1cccc(F)c1. The lowest BCUT2D eigenvalue weighted by Gasteiger charge is -2.33. The number of hydrogen-bond donors (Lipinski definition) is 2. The summed E-state index contributed by atoms with van der Waals surface area (Å²) in [6, 6.07) is 6.28. The molecule has 2 N–H and O–H groups in total. The van der Waals surface area contributed by atoms with Gasteiger partial charge in [-0.25, -0.2) is 4.39 Å². The quantitative estimate of drug-likeness (QED) is 0.844. The molecule has 0 spiro atoms. The molecule has 1 heterocycles.